The number of hydrogen-bond acceptors (Lipinski definition) is 7. The summed E-state index contributed by atoms with van der Waals surface area (Å²) in [7, 11) is 3.19. The second-order valence-corrected chi connectivity index (χ2v) is 6.65. The van der Waals surface area contributed by atoms with E-state index in [0.29, 0.717) is 11.4 Å². The number of unbranched alkanes of at least 4 members (excludes halogenated alkanes) is 2. The lowest BCUT2D eigenvalue weighted by molar-refractivity contribution is -0.384. The fourth-order valence-corrected chi connectivity index (χ4v) is 2.56. The average Bonchev–Trinajstić information content (AvgIpc) is 2.75. The minimum atomic E-state index is -0.395. The summed E-state index contributed by atoms with van der Waals surface area (Å²) in [5.41, 5.74) is 8.12. The summed E-state index contributed by atoms with van der Waals surface area (Å²) >= 11 is 0. The highest BCUT2D eigenvalue weighted by Crippen LogP contribution is 2.28. The van der Waals surface area contributed by atoms with Crippen LogP contribution in [0.4, 0.5) is 22.7 Å². The lowest BCUT2D eigenvalue weighted by Gasteiger charge is -2.10. The van der Waals surface area contributed by atoms with Gasteiger partial charge >= 0.3 is 0 Å². The molecule has 30 heavy (non-hydrogen) atoms. The van der Waals surface area contributed by atoms with Crippen molar-refractivity contribution < 1.29 is 14.4 Å². The molecule has 8 heteroatoms. The number of nitro benzene ring substituents is 1. The van der Waals surface area contributed by atoms with Crippen molar-refractivity contribution in [3.05, 3.63) is 46.5 Å². The van der Waals surface area contributed by atoms with Crippen molar-refractivity contribution in [1.82, 2.24) is 0 Å². The van der Waals surface area contributed by atoms with Gasteiger partial charge in [0.05, 0.1) is 30.5 Å². The Morgan fingerprint density at radius 3 is 1.90 bits per heavy atom. The summed E-state index contributed by atoms with van der Waals surface area (Å²) in [5.74, 6) is 1.45. The number of nitrogens with one attached hydrogen (secondary N) is 2. The zero-order valence-corrected chi connectivity index (χ0v) is 18.4. The van der Waals surface area contributed by atoms with Gasteiger partial charge in [-0.15, -0.1) is 0 Å². The van der Waals surface area contributed by atoms with Crippen molar-refractivity contribution in [2.45, 2.75) is 39.5 Å². The number of benzene rings is 2. The van der Waals surface area contributed by atoms with Crippen LogP contribution in [0.2, 0.25) is 0 Å². The maximum Gasteiger partial charge on any atom is 0.292 e. The van der Waals surface area contributed by atoms with Gasteiger partial charge in [0.1, 0.15) is 17.2 Å². The van der Waals surface area contributed by atoms with Crippen LogP contribution in [0.5, 0.6) is 11.5 Å². The molecule has 0 aromatic heterocycles. The van der Waals surface area contributed by atoms with Crippen molar-refractivity contribution in [3.8, 4) is 11.5 Å². The predicted molar refractivity (Wildman–Crippen MR) is 124 cm³/mol. The first-order valence-corrected chi connectivity index (χ1v) is 10.2. The van der Waals surface area contributed by atoms with E-state index in [2.05, 4.69) is 24.5 Å². The molecule has 0 fully saturated rings. The van der Waals surface area contributed by atoms with Crippen molar-refractivity contribution in [2.75, 3.05) is 43.7 Å². The van der Waals surface area contributed by atoms with Gasteiger partial charge in [-0.2, -0.15) is 0 Å². The molecule has 0 atom stereocenters. The monoisotopic (exact) mass is 418 g/mol. The maximum absolute atomic E-state index is 10.8. The van der Waals surface area contributed by atoms with Gasteiger partial charge in [-0.3, -0.25) is 10.1 Å². The number of nitrogens with zero attached hydrogens (tertiary/aromatic N) is 1. The molecule has 0 saturated carbocycles. The van der Waals surface area contributed by atoms with Crippen molar-refractivity contribution >= 4 is 22.7 Å². The lowest BCUT2D eigenvalue weighted by Crippen LogP contribution is -2.04. The third-order valence-electron chi connectivity index (χ3n) is 4.35. The fourth-order valence-electron chi connectivity index (χ4n) is 2.56. The van der Waals surface area contributed by atoms with Crippen LogP contribution in [0.25, 0.3) is 0 Å². The van der Waals surface area contributed by atoms with Crippen LogP contribution in [0.1, 0.15) is 39.5 Å². The predicted octanol–water partition coefficient (Wildman–Crippen LogP) is 5.30. The highest BCUT2D eigenvalue weighted by Gasteiger charge is 2.13. The van der Waals surface area contributed by atoms with Gasteiger partial charge in [0.15, 0.2) is 0 Å². The third-order valence-corrected chi connectivity index (χ3v) is 4.35. The molecule has 0 heterocycles. The van der Waals surface area contributed by atoms with Crippen molar-refractivity contribution in [3.63, 3.8) is 0 Å². The summed E-state index contributed by atoms with van der Waals surface area (Å²) in [5, 5.41) is 17.1. The Labute approximate surface area is 178 Å². The number of ether oxygens (including phenoxy) is 2. The summed E-state index contributed by atoms with van der Waals surface area (Å²) < 4.78 is 10.2. The molecule has 0 aliphatic carbocycles. The highest BCUT2D eigenvalue weighted by molar-refractivity contribution is 5.68. The normalized spacial score (nSPS) is 9.87. The van der Waals surface area contributed by atoms with Crippen LogP contribution in [-0.4, -0.2) is 32.2 Å². The first kappa shape index (κ1) is 24.9. The minimum absolute atomic E-state index is 0.0805. The molecule has 0 amide bonds. The molecule has 0 aliphatic rings. The molecule has 4 N–H and O–H groups in total. The lowest BCUT2D eigenvalue weighted by atomic mass is 10.2. The van der Waals surface area contributed by atoms with Crippen LogP contribution in [0.3, 0.4) is 0 Å². The van der Waals surface area contributed by atoms with Crippen LogP contribution >= 0.6 is 0 Å². The molecule has 0 radical (unpaired) electrons. The molecule has 166 valence electrons. The number of methoxy groups -OCH3 is 2. The van der Waals surface area contributed by atoms with Crippen molar-refractivity contribution in [2.24, 2.45) is 0 Å². The van der Waals surface area contributed by atoms with E-state index in [0.717, 1.165) is 49.5 Å². The smallest absolute Gasteiger partial charge is 0.292 e. The maximum atomic E-state index is 10.8. The molecule has 2 aromatic rings. The minimum Gasteiger partial charge on any atom is -0.497 e. The first-order valence-electron chi connectivity index (χ1n) is 10.2. The number of anilines is 3. The van der Waals surface area contributed by atoms with E-state index in [4.69, 9.17) is 15.2 Å². The van der Waals surface area contributed by atoms with Crippen LogP contribution in [-0.2, 0) is 0 Å². The Morgan fingerprint density at radius 2 is 1.40 bits per heavy atom. The topological polar surface area (TPSA) is 112 Å². The largest absolute Gasteiger partial charge is 0.497 e. The van der Waals surface area contributed by atoms with E-state index in [-0.39, 0.29) is 5.69 Å². The molecule has 2 aromatic carbocycles. The quantitative estimate of drug-likeness (QED) is 0.196. The second kappa shape index (κ2) is 13.9. The SMILES string of the molecule is CCCCNc1cc(OC)ccc1N.CCCCNc1cc(OC)ccc1[N+](=O)[O-]. The summed E-state index contributed by atoms with van der Waals surface area (Å²) in [6.45, 7) is 5.91. The number of nitrogens with two attached hydrogens (primary N) is 1. The van der Waals surface area contributed by atoms with Gasteiger partial charge in [-0.25, -0.2) is 0 Å². The van der Waals surface area contributed by atoms with Crippen LogP contribution in [0.15, 0.2) is 36.4 Å². The van der Waals surface area contributed by atoms with E-state index < -0.39 is 4.92 Å². The molecule has 2 rings (SSSR count). The van der Waals surface area contributed by atoms with E-state index in [1.54, 1.807) is 19.2 Å². The molecule has 0 aliphatic heterocycles. The van der Waals surface area contributed by atoms with Gasteiger partial charge in [0.2, 0.25) is 0 Å². The molecule has 0 saturated heterocycles. The Bertz CT molecular complexity index is 784. The summed E-state index contributed by atoms with van der Waals surface area (Å²) in [4.78, 5) is 10.4. The molecule has 0 spiro atoms. The van der Waals surface area contributed by atoms with Gasteiger partial charge in [0, 0.05) is 31.3 Å². The first-order chi connectivity index (χ1) is 14.5. The molecule has 8 nitrogen and oxygen atoms in total. The number of nitrogen functional groups attached to an aromatic ring is 1. The number of nitro groups is 1. The zero-order valence-electron chi connectivity index (χ0n) is 18.4. The Hall–Kier alpha value is -3.16. The number of rotatable bonds is 11. The number of hydrogen-bond donors (Lipinski definition) is 3. The van der Waals surface area contributed by atoms with Gasteiger partial charge in [0.25, 0.3) is 5.69 Å². The van der Waals surface area contributed by atoms with Gasteiger partial charge < -0.3 is 25.8 Å². The van der Waals surface area contributed by atoms with Crippen LogP contribution < -0.4 is 25.8 Å². The zero-order chi connectivity index (χ0) is 22.4. The van der Waals surface area contributed by atoms with Gasteiger partial charge in [-0.05, 0) is 31.0 Å². The molecular formula is C22H34N4O4. The average molecular weight is 419 g/mol. The molecular weight excluding hydrogens is 384 g/mol. The molecule has 0 bridgehead atoms. The van der Waals surface area contributed by atoms with E-state index in [9.17, 15) is 10.1 Å². The Morgan fingerprint density at radius 1 is 0.900 bits per heavy atom. The summed E-state index contributed by atoms with van der Waals surface area (Å²) in [6.07, 6.45) is 4.35. The summed E-state index contributed by atoms with van der Waals surface area (Å²) in [6, 6.07) is 10.3. The molecule has 0 unspecified atom stereocenters. The highest BCUT2D eigenvalue weighted by atomic mass is 16.6. The fraction of sp³-hybridized carbons (Fsp3) is 0.455. The second-order valence-electron chi connectivity index (χ2n) is 6.65. The van der Waals surface area contributed by atoms with Gasteiger partial charge in [-0.1, -0.05) is 26.7 Å². The Balaban J connectivity index is 0.000000303. The van der Waals surface area contributed by atoms with Crippen molar-refractivity contribution in [1.29, 1.82) is 0 Å². The van der Waals surface area contributed by atoms with E-state index in [1.807, 2.05) is 18.2 Å². The van der Waals surface area contributed by atoms with E-state index in [1.165, 1.54) is 19.6 Å². The Kier molecular flexibility index (Phi) is 11.5. The van der Waals surface area contributed by atoms with E-state index >= 15 is 0 Å². The standard InChI is InChI=1S/C11H16N2O3.C11H18N2O/c1-3-4-7-12-10-8-9(16-2)5-6-11(10)13(14)15;1-3-4-7-13-11-8-9(14-2)5-6-10(11)12/h5-6,8,12H,3-4,7H2,1-2H3;5-6,8,13H,3-4,7,12H2,1-2H3. The van der Waals surface area contributed by atoms with Crippen LogP contribution in [0, 0.1) is 10.1 Å². The third kappa shape index (κ3) is 8.46.